The van der Waals surface area contributed by atoms with Crippen LogP contribution in [0.1, 0.15) is 23.2 Å². The molecule has 0 bridgehead atoms. The standard InChI is InChI=1S/C12H13Br2NO3S/c13-8-1-2-11(14)10(7-8)12(16)15-9-3-5-19(17,18)6-4-9/h1-2,7,9H,3-6H2,(H,15,16). The summed E-state index contributed by atoms with van der Waals surface area (Å²) in [5.74, 6) is 0.118. The fraction of sp³-hybridized carbons (Fsp3) is 0.417. The molecule has 1 heterocycles. The topological polar surface area (TPSA) is 63.2 Å². The maximum atomic E-state index is 12.1. The minimum absolute atomic E-state index is 0.0677. The Balaban J connectivity index is 2.04. The van der Waals surface area contributed by atoms with Gasteiger partial charge in [0.2, 0.25) is 0 Å². The van der Waals surface area contributed by atoms with Gasteiger partial charge in [-0.25, -0.2) is 8.42 Å². The molecule has 1 aromatic carbocycles. The van der Waals surface area contributed by atoms with Gasteiger partial charge in [0.15, 0.2) is 0 Å². The van der Waals surface area contributed by atoms with Gasteiger partial charge in [-0.15, -0.1) is 0 Å². The first-order chi connectivity index (χ1) is 8.87. The van der Waals surface area contributed by atoms with Crippen LogP contribution in [0.5, 0.6) is 0 Å². The van der Waals surface area contributed by atoms with Gasteiger partial charge in [-0.2, -0.15) is 0 Å². The summed E-state index contributed by atoms with van der Waals surface area (Å²) in [5.41, 5.74) is 0.544. The lowest BCUT2D eigenvalue weighted by molar-refractivity contribution is 0.0933. The molecule has 0 aliphatic carbocycles. The van der Waals surface area contributed by atoms with E-state index < -0.39 is 9.84 Å². The number of hydrogen-bond donors (Lipinski definition) is 1. The highest BCUT2D eigenvalue weighted by Crippen LogP contribution is 2.22. The Labute approximate surface area is 129 Å². The first-order valence-corrected chi connectivity index (χ1v) is 9.24. The molecular formula is C12H13Br2NO3S. The Kier molecular flexibility index (Phi) is 4.68. The predicted octanol–water partition coefficient (Wildman–Crippen LogP) is 2.52. The monoisotopic (exact) mass is 409 g/mol. The molecule has 7 heteroatoms. The summed E-state index contributed by atoms with van der Waals surface area (Å²) in [7, 11) is -2.90. The van der Waals surface area contributed by atoms with Crippen molar-refractivity contribution in [3.05, 3.63) is 32.7 Å². The molecule has 2 rings (SSSR count). The first kappa shape index (κ1) is 15.0. The van der Waals surface area contributed by atoms with Gasteiger partial charge in [-0.1, -0.05) is 15.9 Å². The minimum Gasteiger partial charge on any atom is -0.349 e. The first-order valence-electron chi connectivity index (χ1n) is 5.84. The molecule has 1 amide bonds. The van der Waals surface area contributed by atoms with Crippen LogP contribution in [-0.4, -0.2) is 31.9 Å². The molecule has 1 saturated heterocycles. The van der Waals surface area contributed by atoms with Crippen LogP contribution in [0, 0.1) is 0 Å². The largest absolute Gasteiger partial charge is 0.349 e. The van der Waals surface area contributed by atoms with Crippen LogP contribution in [0.4, 0.5) is 0 Å². The molecule has 0 unspecified atom stereocenters. The van der Waals surface area contributed by atoms with E-state index in [2.05, 4.69) is 37.2 Å². The van der Waals surface area contributed by atoms with Gasteiger partial charge in [0.1, 0.15) is 9.84 Å². The van der Waals surface area contributed by atoms with Crippen molar-refractivity contribution < 1.29 is 13.2 Å². The second-order valence-corrected chi connectivity index (χ2v) is 8.60. The number of halogens is 2. The number of rotatable bonds is 2. The fourth-order valence-corrected chi connectivity index (χ4v) is 4.25. The van der Waals surface area contributed by atoms with Crippen LogP contribution < -0.4 is 5.32 Å². The van der Waals surface area contributed by atoms with Crippen molar-refractivity contribution in [2.45, 2.75) is 18.9 Å². The highest BCUT2D eigenvalue weighted by Gasteiger charge is 2.25. The van der Waals surface area contributed by atoms with Gasteiger partial charge in [0, 0.05) is 15.0 Å². The Morgan fingerprint density at radius 1 is 1.21 bits per heavy atom. The Hall–Kier alpha value is -0.400. The minimum atomic E-state index is -2.90. The molecule has 104 valence electrons. The van der Waals surface area contributed by atoms with Crippen LogP contribution >= 0.6 is 31.9 Å². The number of carbonyl (C=O) groups excluding carboxylic acids is 1. The number of sulfone groups is 1. The number of carbonyl (C=O) groups is 1. The molecule has 0 radical (unpaired) electrons. The van der Waals surface area contributed by atoms with Gasteiger partial charge in [-0.3, -0.25) is 4.79 Å². The van der Waals surface area contributed by atoms with E-state index in [1.165, 1.54) is 0 Å². The SMILES string of the molecule is O=C(NC1CCS(=O)(=O)CC1)c1cc(Br)ccc1Br. The third kappa shape index (κ3) is 4.03. The zero-order chi connectivity index (χ0) is 14.0. The highest BCUT2D eigenvalue weighted by molar-refractivity contribution is 9.11. The summed E-state index contributed by atoms with van der Waals surface area (Å²) in [5, 5.41) is 2.89. The molecule has 1 aromatic rings. The van der Waals surface area contributed by atoms with Crippen molar-refractivity contribution in [2.24, 2.45) is 0 Å². The molecule has 0 aromatic heterocycles. The third-order valence-corrected chi connectivity index (χ3v) is 5.96. The molecule has 1 aliphatic heterocycles. The van der Waals surface area contributed by atoms with Crippen LogP contribution in [-0.2, 0) is 9.84 Å². The summed E-state index contributed by atoms with van der Waals surface area (Å²) in [6.07, 6.45) is 0.972. The van der Waals surface area contributed by atoms with Crippen molar-refractivity contribution in [3.63, 3.8) is 0 Å². The summed E-state index contributed by atoms with van der Waals surface area (Å²) in [4.78, 5) is 12.1. The molecule has 0 atom stereocenters. The average Bonchev–Trinajstić information content (AvgIpc) is 2.35. The van der Waals surface area contributed by atoms with E-state index in [1.54, 1.807) is 12.1 Å². The van der Waals surface area contributed by atoms with Crippen LogP contribution in [0.2, 0.25) is 0 Å². The molecule has 19 heavy (non-hydrogen) atoms. The predicted molar refractivity (Wildman–Crippen MR) is 81.0 cm³/mol. The zero-order valence-corrected chi connectivity index (χ0v) is 14.0. The van der Waals surface area contributed by atoms with E-state index in [4.69, 9.17) is 0 Å². The molecular weight excluding hydrogens is 398 g/mol. The van der Waals surface area contributed by atoms with E-state index >= 15 is 0 Å². The van der Waals surface area contributed by atoms with Gasteiger partial charge in [0.25, 0.3) is 5.91 Å². The van der Waals surface area contributed by atoms with E-state index in [9.17, 15) is 13.2 Å². The normalized spacial score (nSPS) is 19.1. The maximum absolute atomic E-state index is 12.1. The van der Waals surface area contributed by atoms with Crippen LogP contribution in [0.3, 0.4) is 0 Å². The lowest BCUT2D eigenvalue weighted by Gasteiger charge is -2.23. The second-order valence-electron chi connectivity index (χ2n) is 4.52. The highest BCUT2D eigenvalue weighted by atomic mass is 79.9. The molecule has 1 N–H and O–H groups in total. The quantitative estimate of drug-likeness (QED) is 0.814. The van der Waals surface area contributed by atoms with E-state index in [1.807, 2.05) is 6.07 Å². The third-order valence-electron chi connectivity index (χ3n) is 3.06. The van der Waals surface area contributed by atoms with Crippen molar-refractivity contribution in [3.8, 4) is 0 Å². The number of nitrogens with one attached hydrogen (secondary N) is 1. The number of benzene rings is 1. The van der Waals surface area contributed by atoms with Crippen molar-refractivity contribution >= 4 is 47.6 Å². The van der Waals surface area contributed by atoms with Crippen molar-refractivity contribution in [1.82, 2.24) is 5.32 Å². The summed E-state index contributed by atoms with van der Waals surface area (Å²) >= 11 is 6.66. The summed E-state index contributed by atoms with van der Waals surface area (Å²) in [6, 6.07) is 5.30. The van der Waals surface area contributed by atoms with Crippen molar-refractivity contribution in [1.29, 1.82) is 0 Å². The van der Waals surface area contributed by atoms with Gasteiger partial charge >= 0.3 is 0 Å². The Morgan fingerprint density at radius 3 is 2.47 bits per heavy atom. The van der Waals surface area contributed by atoms with Crippen LogP contribution in [0.25, 0.3) is 0 Å². The van der Waals surface area contributed by atoms with E-state index in [-0.39, 0.29) is 23.5 Å². The summed E-state index contributed by atoms with van der Waals surface area (Å²) in [6.45, 7) is 0. The summed E-state index contributed by atoms with van der Waals surface area (Å²) < 4.78 is 24.2. The van der Waals surface area contributed by atoms with E-state index in [0.29, 0.717) is 18.4 Å². The number of amides is 1. The average molecular weight is 411 g/mol. The number of hydrogen-bond acceptors (Lipinski definition) is 3. The fourth-order valence-electron chi connectivity index (χ4n) is 1.97. The van der Waals surface area contributed by atoms with Crippen molar-refractivity contribution in [2.75, 3.05) is 11.5 Å². The van der Waals surface area contributed by atoms with Gasteiger partial charge < -0.3 is 5.32 Å². The lowest BCUT2D eigenvalue weighted by atomic mass is 10.1. The van der Waals surface area contributed by atoms with Crippen LogP contribution in [0.15, 0.2) is 27.1 Å². The maximum Gasteiger partial charge on any atom is 0.252 e. The smallest absolute Gasteiger partial charge is 0.252 e. The molecule has 0 spiro atoms. The second kappa shape index (κ2) is 5.93. The molecule has 4 nitrogen and oxygen atoms in total. The Bertz CT molecular complexity index is 587. The van der Waals surface area contributed by atoms with Gasteiger partial charge in [-0.05, 0) is 47.0 Å². The van der Waals surface area contributed by atoms with E-state index in [0.717, 1.165) is 8.95 Å². The zero-order valence-electron chi connectivity index (χ0n) is 10.0. The van der Waals surface area contributed by atoms with Gasteiger partial charge in [0.05, 0.1) is 17.1 Å². The molecule has 0 saturated carbocycles. The molecule has 1 aliphatic rings. The lowest BCUT2D eigenvalue weighted by Crippen LogP contribution is -2.40. The Morgan fingerprint density at radius 2 is 1.84 bits per heavy atom. The molecule has 1 fully saturated rings.